The van der Waals surface area contributed by atoms with E-state index < -0.39 is 17.5 Å². The molecule has 0 unspecified atom stereocenters. The lowest BCUT2D eigenvalue weighted by atomic mass is 10.1. The average Bonchev–Trinajstić information content (AvgIpc) is 2.09. The van der Waals surface area contributed by atoms with Gasteiger partial charge in [0.15, 0.2) is 0 Å². The zero-order chi connectivity index (χ0) is 10.6. The quantitative estimate of drug-likeness (QED) is 0.651. The van der Waals surface area contributed by atoms with E-state index in [1.165, 1.54) is 0 Å². The van der Waals surface area contributed by atoms with Crippen LogP contribution in [0.15, 0.2) is 12.1 Å². The summed E-state index contributed by atoms with van der Waals surface area (Å²) < 4.78 is 38.6. The SMILES string of the molecule is CCCCCc1c(F)cc(F)cc1F. The van der Waals surface area contributed by atoms with Crippen LogP contribution in [0.4, 0.5) is 13.2 Å². The van der Waals surface area contributed by atoms with Gasteiger partial charge in [0.1, 0.15) is 17.5 Å². The normalized spacial score (nSPS) is 10.6. The van der Waals surface area contributed by atoms with Gasteiger partial charge >= 0.3 is 0 Å². The predicted molar refractivity (Wildman–Crippen MR) is 49.5 cm³/mol. The van der Waals surface area contributed by atoms with Crippen molar-refractivity contribution < 1.29 is 13.2 Å². The van der Waals surface area contributed by atoms with Crippen LogP contribution < -0.4 is 0 Å². The van der Waals surface area contributed by atoms with Crippen LogP contribution in [-0.2, 0) is 6.42 Å². The van der Waals surface area contributed by atoms with Gasteiger partial charge in [-0.3, -0.25) is 0 Å². The van der Waals surface area contributed by atoms with E-state index >= 15 is 0 Å². The standard InChI is InChI=1S/C11H13F3/c1-2-3-4-5-9-10(13)6-8(12)7-11(9)14/h6-7H,2-5H2,1H3. The van der Waals surface area contributed by atoms with Crippen LogP contribution in [0.25, 0.3) is 0 Å². The summed E-state index contributed by atoms with van der Waals surface area (Å²) in [6.07, 6.45) is 2.99. The van der Waals surface area contributed by atoms with E-state index in [9.17, 15) is 13.2 Å². The van der Waals surface area contributed by atoms with Crippen molar-refractivity contribution in [2.24, 2.45) is 0 Å². The third-order valence-corrected chi connectivity index (χ3v) is 2.14. The summed E-state index contributed by atoms with van der Waals surface area (Å²) in [7, 11) is 0. The molecule has 0 bridgehead atoms. The van der Waals surface area contributed by atoms with E-state index in [2.05, 4.69) is 0 Å². The molecule has 3 heteroatoms. The van der Waals surface area contributed by atoms with E-state index in [0.29, 0.717) is 6.42 Å². The first-order valence-corrected chi connectivity index (χ1v) is 4.78. The minimum absolute atomic E-state index is 0.000139. The Morgan fingerprint density at radius 2 is 1.57 bits per heavy atom. The third-order valence-electron chi connectivity index (χ3n) is 2.14. The summed E-state index contributed by atoms with van der Waals surface area (Å²) in [5.41, 5.74) is -0.000139. The first-order valence-electron chi connectivity index (χ1n) is 4.78. The molecule has 0 heterocycles. The molecule has 0 aliphatic carbocycles. The number of halogens is 3. The van der Waals surface area contributed by atoms with Crippen molar-refractivity contribution >= 4 is 0 Å². The molecule has 0 N–H and O–H groups in total. The van der Waals surface area contributed by atoms with Crippen molar-refractivity contribution in [2.45, 2.75) is 32.6 Å². The molecule has 0 saturated carbocycles. The van der Waals surface area contributed by atoms with Crippen molar-refractivity contribution in [1.29, 1.82) is 0 Å². The summed E-state index contributed by atoms with van der Waals surface area (Å²) in [5, 5.41) is 0. The second-order valence-electron chi connectivity index (χ2n) is 3.31. The van der Waals surface area contributed by atoms with E-state index in [-0.39, 0.29) is 5.56 Å². The van der Waals surface area contributed by atoms with E-state index in [4.69, 9.17) is 0 Å². The molecule has 0 aromatic heterocycles. The highest BCUT2D eigenvalue weighted by atomic mass is 19.1. The first kappa shape index (κ1) is 11.1. The Kier molecular flexibility index (Phi) is 3.98. The number of hydrogen-bond donors (Lipinski definition) is 0. The number of rotatable bonds is 4. The van der Waals surface area contributed by atoms with Crippen LogP contribution in [0.3, 0.4) is 0 Å². The van der Waals surface area contributed by atoms with Crippen LogP contribution in [-0.4, -0.2) is 0 Å². The zero-order valence-corrected chi connectivity index (χ0v) is 8.12. The predicted octanol–water partition coefficient (Wildman–Crippen LogP) is 3.84. The molecule has 78 valence electrons. The molecule has 0 saturated heterocycles. The van der Waals surface area contributed by atoms with E-state index in [0.717, 1.165) is 31.4 Å². The Balaban J connectivity index is 2.75. The fourth-order valence-electron chi connectivity index (χ4n) is 1.36. The van der Waals surface area contributed by atoms with Gasteiger partial charge in [0, 0.05) is 17.7 Å². The Labute approximate surface area is 81.8 Å². The molecule has 0 spiro atoms. The third kappa shape index (κ3) is 2.76. The first-order chi connectivity index (χ1) is 6.65. The summed E-state index contributed by atoms with van der Waals surface area (Å²) in [5.74, 6) is -2.42. The van der Waals surface area contributed by atoms with Crippen molar-refractivity contribution in [3.05, 3.63) is 35.1 Å². The average molecular weight is 202 g/mol. The zero-order valence-electron chi connectivity index (χ0n) is 8.12. The van der Waals surface area contributed by atoms with Crippen molar-refractivity contribution in [3.63, 3.8) is 0 Å². The lowest BCUT2D eigenvalue weighted by molar-refractivity contribution is 0.517. The Bertz CT molecular complexity index is 284. The van der Waals surface area contributed by atoms with Gasteiger partial charge in [-0.1, -0.05) is 19.8 Å². The molecule has 0 aliphatic heterocycles. The van der Waals surface area contributed by atoms with Crippen LogP contribution in [0.1, 0.15) is 31.7 Å². The second-order valence-corrected chi connectivity index (χ2v) is 3.31. The van der Waals surface area contributed by atoms with Gasteiger partial charge in [-0.25, -0.2) is 13.2 Å². The van der Waals surface area contributed by atoms with Gasteiger partial charge in [-0.05, 0) is 12.8 Å². The van der Waals surface area contributed by atoms with Gasteiger partial charge < -0.3 is 0 Å². The fourth-order valence-corrected chi connectivity index (χ4v) is 1.36. The molecule has 0 aliphatic rings. The van der Waals surface area contributed by atoms with Gasteiger partial charge in [0.2, 0.25) is 0 Å². The van der Waals surface area contributed by atoms with Gasteiger partial charge in [-0.15, -0.1) is 0 Å². The molecule has 14 heavy (non-hydrogen) atoms. The minimum Gasteiger partial charge on any atom is -0.207 e. The van der Waals surface area contributed by atoms with Gasteiger partial charge in [0.05, 0.1) is 0 Å². The van der Waals surface area contributed by atoms with Crippen molar-refractivity contribution in [3.8, 4) is 0 Å². The van der Waals surface area contributed by atoms with Crippen LogP contribution >= 0.6 is 0 Å². The minimum atomic E-state index is -0.862. The monoisotopic (exact) mass is 202 g/mol. The Morgan fingerprint density at radius 1 is 1.00 bits per heavy atom. The van der Waals surface area contributed by atoms with Crippen LogP contribution in [0.2, 0.25) is 0 Å². The molecule has 0 amide bonds. The Morgan fingerprint density at radius 3 is 2.07 bits per heavy atom. The number of unbranched alkanes of at least 4 members (excludes halogenated alkanes) is 2. The molecule has 0 radical (unpaired) electrons. The topological polar surface area (TPSA) is 0 Å². The fraction of sp³-hybridized carbons (Fsp3) is 0.455. The van der Waals surface area contributed by atoms with Gasteiger partial charge in [-0.2, -0.15) is 0 Å². The smallest absolute Gasteiger partial charge is 0.132 e. The molecule has 1 aromatic rings. The maximum atomic E-state index is 13.1. The summed E-state index contributed by atoms with van der Waals surface area (Å²) in [6, 6.07) is 1.45. The molecular weight excluding hydrogens is 189 g/mol. The lowest BCUT2D eigenvalue weighted by Gasteiger charge is -2.04. The molecular formula is C11H13F3. The Hall–Kier alpha value is -0.990. The summed E-state index contributed by atoms with van der Waals surface area (Å²) in [6.45, 7) is 2.01. The molecule has 1 aromatic carbocycles. The molecule has 0 atom stereocenters. The van der Waals surface area contributed by atoms with Gasteiger partial charge in [0.25, 0.3) is 0 Å². The van der Waals surface area contributed by atoms with Crippen LogP contribution in [0, 0.1) is 17.5 Å². The van der Waals surface area contributed by atoms with E-state index in [1.807, 2.05) is 6.92 Å². The molecule has 0 nitrogen and oxygen atoms in total. The largest absolute Gasteiger partial charge is 0.207 e. The highest BCUT2D eigenvalue weighted by Crippen LogP contribution is 2.17. The molecule has 1 rings (SSSR count). The number of hydrogen-bond acceptors (Lipinski definition) is 0. The highest BCUT2D eigenvalue weighted by Gasteiger charge is 2.10. The molecule has 0 fully saturated rings. The maximum absolute atomic E-state index is 13.1. The summed E-state index contributed by atoms with van der Waals surface area (Å²) in [4.78, 5) is 0. The highest BCUT2D eigenvalue weighted by molar-refractivity contribution is 5.20. The van der Waals surface area contributed by atoms with E-state index in [1.54, 1.807) is 0 Å². The number of benzene rings is 1. The second kappa shape index (κ2) is 5.03. The van der Waals surface area contributed by atoms with Crippen molar-refractivity contribution in [2.75, 3.05) is 0 Å². The maximum Gasteiger partial charge on any atom is 0.132 e. The van der Waals surface area contributed by atoms with Crippen LogP contribution in [0.5, 0.6) is 0 Å². The van der Waals surface area contributed by atoms with Crippen molar-refractivity contribution in [1.82, 2.24) is 0 Å². The lowest BCUT2D eigenvalue weighted by Crippen LogP contribution is -1.97. The summed E-state index contributed by atoms with van der Waals surface area (Å²) >= 11 is 0.